The Morgan fingerprint density at radius 2 is 1.34 bits per heavy atom. The number of hydrogen-bond acceptors (Lipinski definition) is 3. The summed E-state index contributed by atoms with van der Waals surface area (Å²) >= 11 is 0. The fraction of sp³-hybridized carbons (Fsp3) is 0.424. The Labute approximate surface area is 226 Å². The van der Waals surface area contributed by atoms with Crippen molar-refractivity contribution in [3.8, 4) is 0 Å². The second kappa shape index (κ2) is 10.0. The third kappa shape index (κ3) is 4.13. The van der Waals surface area contributed by atoms with Gasteiger partial charge in [0.05, 0.1) is 22.8 Å². The van der Waals surface area contributed by atoms with E-state index < -0.39 is 0 Å². The minimum atomic E-state index is 0.0840. The number of carbonyl (C=O) groups is 1. The van der Waals surface area contributed by atoms with Crippen molar-refractivity contribution >= 4 is 29.4 Å². The van der Waals surface area contributed by atoms with Gasteiger partial charge in [-0.1, -0.05) is 27.7 Å². The summed E-state index contributed by atoms with van der Waals surface area (Å²) in [5, 5.41) is 0. The highest BCUT2D eigenvalue weighted by Gasteiger charge is 2.27. The number of aromatic amines is 2. The van der Waals surface area contributed by atoms with Crippen molar-refractivity contribution in [3.05, 3.63) is 78.7 Å². The van der Waals surface area contributed by atoms with E-state index in [0.29, 0.717) is 6.42 Å². The summed E-state index contributed by atoms with van der Waals surface area (Å²) < 4.78 is 0. The molecule has 198 valence electrons. The maximum Gasteiger partial charge on any atom is 0.161 e. The van der Waals surface area contributed by atoms with E-state index >= 15 is 0 Å². The van der Waals surface area contributed by atoms with E-state index in [1.165, 1.54) is 39.1 Å². The third-order valence-corrected chi connectivity index (χ3v) is 8.61. The number of ketones is 1. The van der Waals surface area contributed by atoms with Gasteiger partial charge >= 0.3 is 0 Å². The Balaban J connectivity index is 1.80. The van der Waals surface area contributed by atoms with Crippen molar-refractivity contribution in [2.45, 2.75) is 93.9 Å². The highest BCUT2D eigenvalue weighted by molar-refractivity contribution is 6.09. The molecule has 5 heteroatoms. The second-order valence-electron chi connectivity index (χ2n) is 10.7. The van der Waals surface area contributed by atoms with E-state index in [9.17, 15) is 4.79 Å². The van der Waals surface area contributed by atoms with Crippen LogP contribution in [0.2, 0.25) is 0 Å². The molecule has 3 aliphatic rings. The molecule has 2 aromatic heterocycles. The number of carbonyl (C=O) groups excluding carboxylic acids is 1. The summed E-state index contributed by atoms with van der Waals surface area (Å²) in [6, 6.07) is 0. The van der Waals surface area contributed by atoms with E-state index in [1.54, 1.807) is 6.92 Å². The van der Waals surface area contributed by atoms with Gasteiger partial charge in [0, 0.05) is 41.2 Å². The summed E-state index contributed by atoms with van der Waals surface area (Å²) in [6.45, 7) is 17.0. The largest absolute Gasteiger partial charge is 0.358 e. The summed E-state index contributed by atoms with van der Waals surface area (Å²) in [5.74, 6) is 0.0840. The monoisotopic (exact) mass is 508 g/mol. The van der Waals surface area contributed by atoms with E-state index in [2.05, 4.69) is 63.7 Å². The number of rotatable bonds is 5. The minimum Gasteiger partial charge on any atom is -0.358 e. The number of nitrogens with one attached hydrogen (secondary N) is 2. The highest BCUT2D eigenvalue weighted by Crippen LogP contribution is 2.36. The molecule has 0 saturated heterocycles. The quantitative estimate of drug-likeness (QED) is 0.397. The smallest absolute Gasteiger partial charge is 0.161 e. The van der Waals surface area contributed by atoms with Crippen LogP contribution in [0.3, 0.4) is 0 Å². The van der Waals surface area contributed by atoms with Crippen LogP contribution in [-0.2, 0) is 25.7 Å². The molecule has 0 spiro atoms. The lowest BCUT2D eigenvalue weighted by molar-refractivity contribution is 0.101. The van der Waals surface area contributed by atoms with Gasteiger partial charge in [-0.25, -0.2) is 0 Å². The molecule has 2 N–H and O–H groups in total. The van der Waals surface area contributed by atoms with Gasteiger partial charge in [0.25, 0.3) is 0 Å². The van der Waals surface area contributed by atoms with E-state index in [4.69, 9.17) is 9.98 Å². The number of fused-ring (bicyclic) bond motifs is 6. The molecule has 0 fully saturated rings. The van der Waals surface area contributed by atoms with Gasteiger partial charge in [0.2, 0.25) is 0 Å². The van der Waals surface area contributed by atoms with Crippen LogP contribution in [0.5, 0.6) is 0 Å². The molecule has 0 amide bonds. The average molecular weight is 509 g/mol. The van der Waals surface area contributed by atoms with E-state index in [0.717, 1.165) is 83.1 Å². The molecule has 8 bridgehead atoms. The van der Waals surface area contributed by atoms with Crippen LogP contribution >= 0.6 is 0 Å². The fourth-order valence-electron chi connectivity index (χ4n) is 6.63. The van der Waals surface area contributed by atoms with Gasteiger partial charge in [0.1, 0.15) is 0 Å². The first-order chi connectivity index (χ1) is 18.2. The van der Waals surface area contributed by atoms with Crippen molar-refractivity contribution in [2.24, 2.45) is 9.98 Å². The predicted octanol–water partition coefficient (Wildman–Crippen LogP) is 7.82. The molecule has 5 rings (SSSR count). The van der Waals surface area contributed by atoms with Crippen LogP contribution in [0.25, 0.3) is 12.2 Å². The van der Waals surface area contributed by atoms with Crippen molar-refractivity contribution in [3.63, 3.8) is 0 Å². The Bertz CT molecular complexity index is 1540. The average Bonchev–Trinajstić information content (AvgIpc) is 3.56. The zero-order chi connectivity index (χ0) is 27.3. The SMILES string of the molecule is CCC1=C(C)/C2=C/c3[nH]c(c(CC)c3CC)CC3=N/C(=C\c4[nH]c(c(C(C)=O)c4C)CC1=N2)C(CC)=C3C. The molecule has 38 heavy (non-hydrogen) atoms. The lowest BCUT2D eigenvalue weighted by Crippen LogP contribution is -2.08. The zero-order valence-corrected chi connectivity index (χ0v) is 24.2. The third-order valence-electron chi connectivity index (χ3n) is 8.61. The summed E-state index contributed by atoms with van der Waals surface area (Å²) in [4.78, 5) is 30.6. The zero-order valence-electron chi connectivity index (χ0n) is 24.2. The number of Topliss-reactive ketones (excluding diaryl/α,β-unsaturated/α-hetero) is 1. The first-order valence-corrected chi connectivity index (χ1v) is 14.2. The Hall–Kier alpha value is -3.47. The van der Waals surface area contributed by atoms with Crippen LogP contribution in [0.4, 0.5) is 0 Å². The number of aliphatic imine (C=N–C) groups is 2. The molecule has 2 aromatic rings. The first kappa shape index (κ1) is 26.1. The van der Waals surface area contributed by atoms with Crippen LogP contribution in [0, 0.1) is 6.92 Å². The molecular weight excluding hydrogens is 468 g/mol. The van der Waals surface area contributed by atoms with Crippen molar-refractivity contribution < 1.29 is 4.79 Å². The Morgan fingerprint density at radius 1 is 0.737 bits per heavy atom. The molecule has 0 unspecified atom stereocenters. The van der Waals surface area contributed by atoms with Crippen LogP contribution in [0.1, 0.15) is 111 Å². The Morgan fingerprint density at radius 3 is 1.97 bits per heavy atom. The van der Waals surface area contributed by atoms with Crippen LogP contribution in [-0.4, -0.2) is 27.2 Å². The van der Waals surface area contributed by atoms with Crippen LogP contribution < -0.4 is 0 Å². The standard InChI is InChI=1S/C33H40N4O/c1-9-21-17(5)25-13-30-23(11-3)24(12-4)31(37-30)14-26-18(6)22(10-2)29(35-26)16-32-33(20(8)38)19(7)27(36-32)15-28(21)34-25/h14-15,36-37H,9-13,16H2,1-8H3/b26-14-,28-15-. The van der Waals surface area contributed by atoms with Crippen molar-refractivity contribution in [2.75, 3.05) is 0 Å². The maximum absolute atomic E-state index is 12.8. The lowest BCUT2D eigenvalue weighted by Gasteiger charge is -2.06. The summed E-state index contributed by atoms with van der Waals surface area (Å²) in [7, 11) is 0. The van der Waals surface area contributed by atoms with Gasteiger partial charge < -0.3 is 9.97 Å². The van der Waals surface area contributed by atoms with E-state index in [-0.39, 0.29) is 5.78 Å². The number of allylic oxidation sites excluding steroid dienone is 4. The molecule has 0 saturated carbocycles. The number of H-pyrrole nitrogens is 2. The molecule has 5 heterocycles. The van der Waals surface area contributed by atoms with Crippen LogP contribution in [0.15, 0.2) is 43.7 Å². The predicted molar refractivity (Wildman–Crippen MR) is 159 cm³/mol. The topological polar surface area (TPSA) is 73.4 Å². The fourth-order valence-corrected chi connectivity index (χ4v) is 6.63. The van der Waals surface area contributed by atoms with E-state index in [1.807, 2.05) is 6.92 Å². The number of nitrogens with zero attached hydrogens (tertiary/aromatic N) is 2. The number of aromatic nitrogens is 2. The molecule has 0 atom stereocenters. The van der Waals surface area contributed by atoms with Crippen molar-refractivity contribution in [1.82, 2.24) is 9.97 Å². The Kier molecular flexibility index (Phi) is 6.89. The normalized spacial score (nSPS) is 19.9. The van der Waals surface area contributed by atoms with Crippen molar-refractivity contribution in [1.29, 1.82) is 0 Å². The van der Waals surface area contributed by atoms with Gasteiger partial charge in [-0.15, -0.1) is 0 Å². The summed E-state index contributed by atoms with van der Waals surface area (Å²) in [6.07, 6.45) is 9.56. The molecule has 5 nitrogen and oxygen atoms in total. The molecular formula is C33H40N4O. The summed E-state index contributed by atoms with van der Waals surface area (Å²) in [5.41, 5.74) is 18.1. The molecule has 0 aromatic carbocycles. The molecule has 3 aliphatic heterocycles. The maximum atomic E-state index is 12.8. The lowest BCUT2D eigenvalue weighted by atomic mass is 9.96. The highest BCUT2D eigenvalue weighted by atomic mass is 16.1. The van der Waals surface area contributed by atoms with Gasteiger partial charge in [-0.05, 0) is 105 Å². The first-order valence-electron chi connectivity index (χ1n) is 14.2. The minimum absolute atomic E-state index is 0.0840. The van der Waals surface area contributed by atoms with Gasteiger partial charge in [-0.3, -0.25) is 14.8 Å². The number of hydrogen-bond donors (Lipinski definition) is 2. The second-order valence-corrected chi connectivity index (χ2v) is 10.7. The van der Waals surface area contributed by atoms with Gasteiger partial charge in [0.15, 0.2) is 5.78 Å². The molecule has 0 aliphatic carbocycles. The molecule has 0 radical (unpaired) electrons. The van der Waals surface area contributed by atoms with Gasteiger partial charge in [-0.2, -0.15) is 0 Å².